The van der Waals surface area contributed by atoms with Crippen LogP contribution in [0.25, 0.3) is 10.9 Å². The lowest BCUT2D eigenvalue weighted by Crippen LogP contribution is -2.30. The van der Waals surface area contributed by atoms with Gasteiger partial charge in [-0.25, -0.2) is 4.39 Å². The number of nitrogens with one attached hydrogen (secondary N) is 1. The lowest BCUT2D eigenvalue weighted by molar-refractivity contribution is -0.286. The van der Waals surface area contributed by atoms with Gasteiger partial charge in [0, 0.05) is 22.6 Å². The van der Waals surface area contributed by atoms with Gasteiger partial charge in [-0.05, 0) is 48.2 Å². The molecule has 232 valence electrons. The molecule has 8 nitrogen and oxygen atoms in total. The monoisotopic (exact) mass is 610 g/mol. The number of aliphatic hydroxyl groups excluding tert-OH is 2. The Morgan fingerprint density at radius 2 is 1.80 bits per heavy atom. The van der Waals surface area contributed by atoms with Crippen molar-refractivity contribution < 1.29 is 42.4 Å². The van der Waals surface area contributed by atoms with E-state index in [1.807, 2.05) is 50.2 Å². The lowest BCUT2D eigenvalue weighted by Gasteiger charge is -2.27. The fraction of sp³-hybridized carbons (Fsp3) is 0.364. The molecule has 2 heterocycles. The third-order valence-electron chi connectivity index (χ3n) is 8.25. The Morgan fingerprint density at radius 1 is 1.07 bits per heavy atom. The van der Waals surface area contributed by atoms with Crippen LogP contribution in [0.15, 0.2) is 66.7 Å². The number of halogens is 3. The molecular formula is C33H33F3N2O6. The van der Waals surface area contributed by atoms with Crippen molar-refractivity contribution in [1.29, 1.82) is 0 Å². The molecule has 11 heteroatoms. The second-order valence-corrected chi connectivity index (χ2v) is 12.1. The molecule has 3 aromatic carbocycles. The molecule has 3 N–H and O–H groups in total. The zero-order valence-corrected chi connectivity index (χ0v) is 24.3. The lowest BCUT2D eigenvalue weighted by atomic mass is 9.90. The van der Waals surface area contributed by atoms with E-state index in [1.54, 1.807) is 4.57 Å². The van der Waals surface area contributed by atoms with Crippen LogP contribution in [0.5, 0.6) is 11.5 Å². The van der Waals surface area contributed by atoms with Gasteiger partial charge in [0.05, 0.1) is 49.1 Å². The summed E-state index contributed by atoms with van der Waals surface area (Å²) in [6.45, 7) is 4.23. The number of alkyl halides is 2. The summed E-state index contributed by atoms with van der Waals surface area (Å²) >= 11 is 0. The summed E-state index contributed by atoms with van der Waals surface area (Å²) in [5.41, 5.74) is 1.11. The van der Waals surface area contributed by atoms with Crippen molar-refractivity contribution in [2.24, 2.45) is 0 Å². The Morgan fingerprint density at radius 3 is 2.50 bits per heavy atom. The fourth-order valence-electron chi connectivity index (χ4n) is 5.74. The Kier molecular flexibility index (Phi) is 7.59. The van der Waals surface area contributed by atoms with Crippen molar-refractivity contribution in [2.75, 3.05) is 18.5 Å². The summed E-state index contributed by atoms with van der Waals surface area (Å²) in [4.78, 5) is 13.5. The van der Waals surface area contributed by atoms with Gasteiger partial charge in [-0.1, -0.05) is 50.2 Å². The van der Waals surface area contributed by atoms with Crippen LogP contribution >= 0.6 is 0 Å². The van der Waals surface area contributed by atoms with E-state index >= 15 is 4.39 Å². The predicted molar refractivity (Wildman–Crippen MR) is 156 cm³/mol. The number of carbonyl (C=O) groups excluding carboxylic acids is 1. The number of amides is 1. The number of fused-ring (bicyclic) bond motifs is 2. The highest BCUT2D eigenvalue weighted by Gasteiger charge is 2.53. The fourth-order valence-corrected chi connectivity index (χ4v) is 5.74. The Labute approximate surface area is 252 Å². The smallest absolute Gasteiger partial charge is 0.395 e. The first-order valence-corrected chi connectivity index (χ1v) is 14.4. The summed E-state index contributed by atoms with van der Waals surface area (Å²) in [6.07, 6.45) is -3.95. The Bertz CT molecular complexity index is 1700. The SMILES string of the molecule is CC(C)(COCc1ccccc1)c1cc2cc(NC(=O)C3(c4ccc5c(c4)OC(F)(F)O5)CC3)c(F)cc2n1C[C@@H](O)CO. The van der Waals surface area contributed by atoms with Gasteiger partial charge in [0.1, 0.15) is 5.82 Å². The van der Waals surface area contributed by atoms with Crippen LogP contribution in [0.4, 0.5) is 18.9 Å². The zero-order chi connectivity index (χ0) is 31.3. The number of ether oxygens (including phenoxy) is 3. The van der Waals surface area contributed by atoms with Crippen molar-refractivity contribution in [2.45, 2.75) is 63.1 Å². The number of carbonyl (C=O) groups is 1. The van der Waals surface area contributed by atoms with E-state index in [4.69, 9.17) is 4.74 Å². The highest BCUT2D eigenvalue weighted by atomic mass is 19.3. The number of aromatic nitrogens is 1. The molecule has 0 radical (unpaired) electrons. The maximum atomic E-state index is 15.6. The van der Waals surface area contributed by atoms with Crippen molar-refractivity contribution in [3.63, 3.8) is 0 Å². The van der Waals surface area contributed by atoms with Crippen LogP contribution in [0.3, 0.4) is 0 Å². The first-order chi connectivity index (χ1) is 20.9. The van der Waals surface area contributed by atoms with Crippen molar-refractivity contribution in [3.8, 4) is 11.5 Å². The van der Waals surface area contributed by atoms with E-state index in [2.05, 4.69) is 14.8 Å². The maximum Gasteiger partial charge on any atom is 0.586 e. The molecule has 2 aliphatic rings. The standard InChI is InChI=1S/C33H33F3N2O6/c1-31(2,19-42-18-20-6-4-3-5-7-20)29-13-21-12-25(24(34)15-26(21)38(29)16-23(40)17-39)37-30(41)32(10-11-32)22-8-9-27-28(14-22)44-33(35,36)43-27/h3-9,12-15,23,39-40H,10-11,16-19H2,1-2H3,(H,37,41)/t23-/m1/s1. The molecule has 1 aromatic heterocycles. The van der Waals surface area contributed by atoms with Gasteiger partial charge in [0.2, 0.25) is 5.91 Å². The molecule has 0 spiro atoms. The average molecular weight is 611 g/mol. The van der Waals surface area contributed by atoms with Gasteiger partial charge < -0.3 is 34.3 Å². The largest absolute Gasteiger partial charge is 0.586 e. The van der Waals surface area contributed by atoms with Crippen LogP contribution in [-0.2, 0) is 33.5 Å². The highest BCUT2D eigenvalue weighted by molar-refractivity contribution is 6.03. The average Bonchev–Trinajstić information content (AvgIpc) is 3.64. The molecule has 1 saturated carbocycles. The number of nitrogens with zero attached hydrogens (tertiary/aromatic N) is 1. The van der Waals surface area contributed by atoms with Gasteiger partial charge in [-0.3, -0.25) is 4.79 Å². The van der Waals surface area contributed by atoms with Crippen LogP contribution in [0, 0.1) is 5.82 Å². The molecule has 1 fully saturated rings. The van der Waals surface area contributed by atoms with Crippen molar-refractivity contribution in [3.05, 3.63) is 89.4 Å². The van der Waals surface area contributed by atoms with E-state index < -0.39 is 41.6 Å². The first-order valence-electron chi connectivity index (χ1n) is 14.4. The van der Waals surface area contributed by atoms with E-state index in [0.717, 1.165) is 11.3 Å². The summed E-state index contributed by atoms with van der Waals surface area (Å²) in [7, 11) is 0. The predicted octanol–water partition coefficient (Wildman–Crippen LogP) is 5.62. The maximum absolute atomic E-state index is 15.6. The number of aliphatic hydroxyl groups is 2. The number of hydrogen-bond acceptors (Lipinski definition) is 6. The molecule has 1 aliphatic heterocycles. The van der Waals surface area contributed by atoms with Gasteiger partial charge >= 0.3 is 6.29 Å². The molecule has 4 aromatic rings. The van der Waals surface area contributed by atoms with Gasteiger partial charge in [-0.2, -0.15) is 0 Å². The first kappa shape index (κ1) is 30.0. The van der Waals surface area contributed by atoms with Gasteiger partial charge in [0.25, 0.3) is 0 Å². The minimum absolute atomic E-state index is 0.0227. The van der Waals surface area contributed by atoms with Crippen LogP contribution in [0.2, 0.25) is 0 Å². The number of anilines is 1. The summed E-state index contributed by atoms with van der Waals surface area (Å²) in [6, 6.07) is 18.7. The van der Waals surface area contributed by atoms with Crippen LogP contribution < -0.4 is 14.8 Å². The zero-order valence-electron chi connectivity index (χ0n) is 24.3. The molecule has 6 rings (SSSR count). The Hall–Kier alpha value is -4.06. The number of benzene rings is 3. The third-order valence-corrected chi connectivity index (χ3v) is 8.25. The topological polar surface area (TPSA) is 102 Å². The van der Waals surface area contributed by atoms with Crippen molar-refractivity contribution in [1.82, 2.24) is 4.57 Å². The number of hydrogen-bond donors (Lipinski definition) is 3. The molecule has 1 atom stereocenters. The third kappa shape index (κ3) is 5.74. The quantitative estimate of drug-likeness (QED) is 0.204. The molecule has 1 amide bonds. The minimum atomic E-state index is -3.77. The van der Waals surface area contributed by atoms with Crippen molar-refractivity contribution >= 4 is 22.5 Å². The Balaban J connectivity index is 1.27. The molecule has 0 unspecified atom stereocenters. The molecule has 44 heavy (non-hydrogen) atoms. The van der Waals surface area contributed by atoms with Crippen LogP contribution in [-0.4, -0.2) is 46.3 Å². The minimum Gasteiger partial charge on any atom is -0.395 e. The van der Waals surface area contributed by atoms with Gasteiger partial charge in [0.15, 0.2) is 11.5 Å². The van der Waals surface area contributed by atoms with E-state index in [0.29, 0.717) is 42.5 Å². The summed E-state index contributed by atoms with van der Waals surface area (Å²) in [5.74, 6) is -1.43. The second kappa shape index (κ2) is 11.1. The van der Waals surface area contributed by atoms with Gasteiger partial charge in [-0.15, -0.1) is 8.78 Å². The molecule has 1 aliphatic carbocycles. The van der Waals surface area contributed by atoms with E-state index in [1.165, 1.54) is 30.3 Å². The van der Waals surface area contributed by atoms with E-state index in [9.17, 15) is 23.8 Å². The summed E-state index contributed by atoms with van der Waals surface area (Å²) < 4.78 is 59.4. The molecule has 0 bridgehead atoms. The normalized spacial score (nSPS) is 17.1. The second-order valence-electron chi connectivity index (χ2n) is 12.1. The summed E-state index contributed by atoms with van der Waals surface area (Å²) in [5, 5.41) is 23.2. The number of rotatable bonds is 11. The van der Waals surface area contributed by atoms with Crippen LogP contribution in [0.1, 0.15) is 43.5 Å². The molecule has 0 saturated heterocycles. The highest BCUT2D eigenvalue weighted by Crippen LogP contribution is 2.52. The van der Waals surface area contributed by atoms with E-state index in [-0.39, 0.29) is 23.7 Å². The molecular weight excluding hydrogens is 577 g/mol.